The lowest BCUT2D eigenvalue weighted by molar-refractivity contribution is -0.138. The number of ether oxygens (including phenoxy) is 1. The number of carbonyl (C=O) groups is 1. The first kappa shape index (κ1) is 23.7. The van der Waals surface area contributed by atoms with Gasteiger partial charge >= 0.3 is 6.18 Å². The summed E-state index contributed by atoms with van der Waals surface area (Å²) in [5, 5.41) is 6.87. The van der Waals surface area contributed by atoms with E-state index < -0.39 is 11.7 Å². The molecule has 1 N–H and O–H groups in total. The van der Waals surface area contributed by atoms with Crippen LogP contribution in [0.4, 0.5) is 19.1 Å². The molecule has 1 fully saturated rings. The van der Waals surface area contributed by atoms with E-state index in [2.05, 4.69) is 20.2 Å². The highest BCUT2D eigenvalue weighted by molar-refractivity contribution is 5.81. The van der Waals surface area contributed by atoms with E-state index in [9.17, 15) is 22.8 Å². The molecule has 0 bridgehead atoms. The summed E-state index contributed by atoms with van der Waals surface area (Å²) < 4.78 is 45.5. The largest absolute Gasteiger partial charge is 0.419 e. The number of carbonyl (C=O) groups excluding carboxylic acids is 1. The third-order valence-corrected chi connectivity index (χ3v) is 5.71. The number of hydrogen-bond donors (Lipinski definition) is 1. The number of alkyl halides is 3. The van der Waals surface area contributed by atoms with Crippen molar-refractivity contribution < 1.29 is 22.7 Å². The summed E-state index contributed by atoms with van der Waals surface area (Å²) in [5.74, 6) is 0.166. The fourth-order valence-electron chi connectivity index (χ4n) is 3.91. The van der Waals surface area contributed by atoms with Crippen molar-refractivity contribution >= 4 is 22.8 Å². The summed E-state index contributed by atoms with van der Waals surface area (Å²) in [6.07, 6.45) is 0.756. The topological polar surface area (TPSA) is 109 Å². The molecule has 1 aliphatic heterocycles. The molecular weight excluding hydrogens is 455 g/mol. The second-order valence-corrected chi connectivity index (χ2v) is 7.96. The normalized spacial score (nSPS) is 14.7. The lowest BCUT2D eigenvalue weighted by atomic mass is 10.2. The van der Waals surface area contributed by atoms with E-state index in [4.69, 9.17) is 4.74 Å². The summed E-state index contributed by atoms with van der Waals surface area (Å²) >= 11 is 0. The standard InChI is InChI=1S/C21H24F3N7O3/c1-14-13-31(16-12-27-28-19(33)18(14)16)7-9-34-8-2-17(32)29-3-5-30(6-4-29)20-25-10-15(11-26-20)21(22,23)24/h10-13H,2-9H2,1H3,(H,28,33). The molecule has 10 nitrogen and oxygen atoms in total. The number of aryl methyl sites for hydroxylation is 1. The molecule has 4 heterocycles. The number of aromatic nitrogens is 5. The number of rotatable bonds is 7. The maximum absolute atomic E-state index is 12.7. The predicted octanol–water partition coefficient (Wildman–Crippen LogP) is 1.60. The molecule has 0 aromatic carbocycles. The molecule has 13 heteroatoms. The molecule has 34 heavy (non-hydrogen) atoms. The Hall–Kier alpha value is -3.48. The summed E-state index contributed by atoms with van der Waals surface area (Å²) in [4.78, 5) is 35.4. The van der Waals surface area contributed by atoms with Crippen LogP contribution >= 0.6 is 0 Å². The van der Waals surface area contributed by atoms with Crippen molar-refractivity contribution in [3.63, 3.8) is 0 Å². The average Bonchev–Trinajstić information content (AvgIpc) is 3.15. The van der Waals surface area contributed by atoms with E-state index in [0.717, 1.165) is 23.5 Å². The fourth-order valence-corrected chi connectivity index (χ4v) is 3.91. The number of nitrogens with zero attached hydrogens (tertiary/aromatic N) is 6. The van der Waals surface area contributed by atoms with Gasteiger partial charge in [0.15, 0.2) is 0 Å². The molecule has 0 atom stereocenters. The number of piperazine rings is 1. The monoisotopic (exact) mass is 479 g/mol. The molecule has 1 saturated heterocycles. The Morgan fingerprint density at radius 3 is 2.50 bits per heavy atom. The number of halogens is 3. The van der Waals surface area contributed by atoms with Gasteiger partial charge in [0.05, 0.1) is 42.3 Å². The Labute approximate surface area is 192 Å². The van der Waals surface area contributed by atoms with Crippen LogP contribution in [0.25, 0.3) is 10.9 Å². The van der Waals surface area contributed by atoms with E-state index >= 15 is 0 Å². The second-order valence-electron chi connectivity index (χ2n) is 7.96. The van der Waals surface area contributed by atoms with Gasteiger partial charge in [-0.05, 0) is 12.5 Å². The van der Waals surface area contributed by atoms with Crippen LogP contribution in [0.3, 0.4) is 0 Å². The third kappa shape index (κ3) is 5.19. The third-order valence-electron chi connectivity index (χ3n) is 5.71. The zero-order chi connectivity index (χ0) is 24.3. The van der Waals surface area contributed by atoms with Crippen LogP contribution in [0.1, 0.15) is 17.5 Å². The van der Waals surface area contributed by atoms with Crippen LogP contribution in [-0.4, -0.2) is 74.9 Å². The van der Waals surface area contributed by atoms with Gasteiger partial charge in [-0.25, -0.2) is 15.1 Å². The van der Waals surface area contributed by atoms with Crippen molar-refractivity contribution in [2.24, 2.45) is 0 Å². The Balaban J connectivity index is 1.19. The van der Waals surface area contributed by atoms with Crippen LogP contribution in [-0.2, 0) is 22.3 Å². The molecule has 0 aliphatic carbocycles. The number of fused-ring (bicyclic) bond motifs is 1. The van der Waals surface area contributed by atoms with E-state index in [-0.39, 0.29) is 30.4 Å². The van der Waals surface area contributed by atoms with Crippen LogP contribution in [0.2, 0.25) is 0 Å². The van der Waals surface area contributed by atoms with Crippen molar-refractivity contribution in [1.29, 1.82) is 0 Å². The van der Waals surface area contributed by atoms with Gasteiger partial charge in [-0.15, -0.1) is 0 Å². The van der Waals surface area contributed by atoms with Gasteiger partial charge in [0.1, 0.15) is 0 Å². The maximum atomic E-state index is 12.7. The molecule has 0 saturated carbocycles. The number of nitrogens with one attached hydrogen (secondary N) is 1. The lowest BCUT2D eigenvalue weighted by Crippen LogP contribution is -2.49. The van der Waals surface area contributed by atoms with Gasteiger partial charge in [0.25, 0.3) is 5.56 Å². The molecule has 3 aromatic rings. The zero-order valence-corrected chi connectivity index (χ0v) is 18.5. The molecule has 0 spiro atoms. The van der Waals surface area contributed by atoms with Crippen molar-refractivity contribution in [3.05, 3.63) is 46.3 Å². The quantitative estimate of drug-likeness (QED) is 0.513. The fraction of sp³-hybridized carbons (Fsp3) is 0.476. The van der Waals surface area contributed by atoms with Gasteiger partial charge in [0.2, 0.25) is 11.9 Å². The van der Waals surface area contributed by atoms with E-state index in [1.807, 2.05) is 17.7 Å². The highest BCUT2D eigenvalue weighted by Crippen LogP contribution is 2.28. The van der Waals surface area contributed by atoms with E-state index in [1.165, 1.54) is 0 Å². The Morgan fingerprint density at radius 2 is 1.82 bits per heavy atom. The number of amides is 1. The first-order valence-electron chi connectivity index (χ1n) is 10.8. The molecule has 0 radical (unpaired) electrons. The number of anilines is 1. The lowest BCUT2D eigenvalue weighted by Gasteiger charge is -2.34. The van der Waals surface area contributed by atoms with Crippen molar-refractivity contribution in [1.82, 2.24) is 29.6 Å². The van der Waals surface area contributed by atoms with Crippen molar-refractivity contribution in [2.75, 3.05) is 44.3 Å². The maximum Gasteiger partial charge on any atom is 0.419 e. The molecule has 1 amide bonds. The molecule has 3 aromatic heterocycles. The highest BCUT2D eigenvalue weighted by Gasteiger charge is 2.32. The summed E-state index contributed by atoms with van der Waals surface area (Å²) in [6.45, 7) is 4.75. The highest BCUT2D eigenvalue weighted by atomic mass is 19.4. The van der Waals surface area contributed by atoms with E-state index in [1.54, 1.807) is 16.0 Å². The summed E-state index contributed by atoms with van der Waals surface area (Å²) in [5.41, 5.74) is 0.464. The minimum atomic E-state index is -4.48. The second kappa shape index (κ2) is 9.79. The molecule has 182 valence electrons. The van der Waals surface area contributed by atoms with Crippen LogP contribution < -0.4 is 10.5 Å². The van der Waals surface area contributed by atoms with Crippen LogP contribution in [0.15, 0.2) is 29.6 Å². The zero-order valence-electron chi connectivity index (χ0n) is 18.5. The summed E-state index contributed by atoms with van der Waals surface area (Å²) in [6, 6.07) is 0. The number of aromatic amines is 1. The minimum absolute atomic E-state index is 0.0500. The minimum Gasteiger partial charge on any atom is -0.379 e. The Morgan fingerprint density at radius 1 is 1.12 bits per heavy atom. The van der Waals surface area contributed by atoms with E-state index in [0.29, 0.717) is 44.7 Å². The SMILES string of the molecule is Cc1cn(CCOCCC(=O)N2CCN(c3ncc(C(F)(F)F)cn3)CC2)c2cn[nH]c(=O)c12. The smallest absolute Gasteiger partial charge is 0.379 e. The average molecular weight is 479 g/mol. The van der Waals surface area contributed by atoms with Crippen molar-refractivity contribution in [2.45, 2.75) is 26.1 Å². The molecular formula is C21H24F3N7O3. The van der Waals surface area contributed by atoms with Gasteiger partial charge < -0.3 is 19.1 Å². The first-order valence-corrected chi connectivity index (χ1v) is 10.8. The molecule has 0 unspecified atom stereocenters. The van der Waals surface area contributed by atoms with Gasteiger partial charge in [0, 0.05) is 51.3 Å². The Bertz CT molecular complexity index is 1200. The Kier molecular flexibility index (Phi) is 6.82. The van der Waals surface area contributed by atoms with Gasteiger partial charge in [-0.2, -0.15) is 18.3 Å². The number of hydrogen-bond acceptors (Lipinski definition) is 7. The summed E-state index contributed by atoms with van der Waals surface area (Å²) in [7, 11) is 0. The van der Waals surface area contributed by atoms with Crippen LogP contribution in [0, 0.1) is 6.92 Å². The van der Waals surface area contributed by atoms with Gasteiger partial charge in [-0.3, -0.25) is 9.59 Å². The van der Waals surface area contributed by atoms with Crippen molar-refractivity contribution in [3.8, 4) is 0 Å². The van der Waals surface area contributed by atoms with Gasteiger partial charge in [-0.1, -0.05) is 0 Å². The molecule has 1 aliphatic rings. The predicted molar refractivity (Wildman–Crippen MR) is 116 cm³/mol. The molecule has 4 rings (SSSR count). The first-order chi connectivity index (χ1) is 16.2. The van der Waals surface area contributed by atoms with Crippen LogP contribution in [0.5, 0.6) is 0 Å². The number of H-pyrrole nitrogens is 1.